The number of hydrogen-bond acceptors (Lipinski definition) is 2. The molecule has 0 aliphatic heterocycles. The van der Waals surface area contributed by atoms with Gasteiger partial charge in [0.1, 0.15) is 0 Å². The maximum absolute atomic E-state index is 10.4. The molecule has 0 aromatic carbocycles. The molecule has 0 atom stereocenters. The Bertz CT molecular complexity index is 301. The van der Waals surface area contributed by atoms with E-state index in [1.165, 1.54) is 96.3 Å². The zero-order chi connectivity index (χ0) is 19.9. The van der Waals surface area contributed by atoms with Crippen molar-refractivity contribution >= 4 is 12.1 Å². The monoisotopic (exact) mass is 374 g/mol. The Hall–Kier alpha value is -1.26. The molecule has 0 rings (SSSR count). The molecule has 0 aromatic heterocycles. The largest absolute Gasteiger partial charge is 0.503 e. The van der Waals surface area contributed by atoms with Crippen molar-refractivity contribution in [3.05, 3.63) is 0 Å². The molecule has 5 heteroatoms. The SMILES string of the molecule is CCCCCCCCCCCCCCCCCCCC(=O)O.O=C(O)O. The van der Waals surface area contributed by atoms with Crippen LogP contribution in [0.15, 0.2) is 0 Å². The fraction of sp³-hybridized carbons (Fsp3) is 0.905. The van der Waals surface area contributed by atoms with Crippen LogP contribution in [0.3, 0.4) is 0 Å². The zero-order valence-electron chi connectivity index (χ0n) is 16.9. The van der Waals surface area contributed by atoms with Gasteiger partial charge in [-0.2, -0.15) is 0 Å². The molecule has 0 aliphatic rings. The average Bonchev–Trinajstić information content (AvgIpc) is 2.57. The summed E-state index contributed by atoms with van der Waals surface area (Å²) >= 11 is 0. The maximum Gasteiger partial charge on any atom is 0.503 e. The molecule has 0 saturated carbocycles. The van der Waals surface area contributed by atoms with Crippen LogP contribution in [0, 0.1) is 0 Å². The van der Waals surface area contributed by atoms with Gasteiger partial charge in [0.25, 0.3) is 0 Å². The summed E-state index contributed by atoms with van der Waals surface area (Å²) in [6, 6.07) is 0. The van der Waals surface area contributed by atoms with Gasteiger partial charge < -0.3 is 15.3 Å². The lowest BCUT2D eigenvalue weighted by molar-refractivity contribution is -0.137. The van der Waals surface area contributed by atoms with Gasteiger partial charge in [-0.3, -0.25) is 4.79 Å². The minimum Gasteiger partial charge on any atom is -0.481 e. The fourth-order valence-electron chi connectivity index (χ4n) is 3.00. The van der Waals surface area contributed by atoms with Gasteiger partial charge in [-0.25, -0.2) is 4.79 Å². The topological polar surface area (TPSA) is 94.8 Å². The maximum atomic E-state index is 10.4. The van der Waals surface area contributed by atoms with Crippen LogP contribution in [0.5, 0.6) is 0 Å². The summed E-state index contributed by atoms with van der Waals surface area (Å²) < 4.78 is 0. The molecule has 0 unspecified atom stereocenters. The number of carboxylic acid groups (broad SMARTS) is 3. The highest BCUT2D eigenvalue weighted by atomic mass is 16.6. The van der Waals surface area contributed by atoms with Gasteiger partial charge in [0.2, 0.25) is 0 Å². The van der Waals surface area contributed by atoms with Crippen molar-refractivity contribution < 1.29 is 24.9 Å². The van der Waals surface area contributed by atoms with Gasteiger partial charge in [0.15, 0.2) is 0 Å². The van der Waals surface area contributed by atoms with E-state index in [0.29, 0.717) is 6.42 Å². The fourth-order valence-corrected chi connectivity index (χ4v) is 3.00. The number of carboxylic acids is 1. The van der Waals surface area contributed by atoms with E-state index in [4.69, 9.17) is 20.1 Å². The van der Waals surface area contributed by atoms with Crippen molar-refractivity contribution in [3.8, 4) is 0 Å². The number of aliphatic carboxylic acids is 1. The van der Waals surface area contributed by atoms with E-state index in [9.17, 15) is 4.79 Å². The molecule has 0 fully saturated rings. The second-order valence-electron chi connectivity index (χ2n) is 7.08. The first kappa shape index (κ1) is 27.0. The molecule has 0 aromatic rings. The van der Waals surface area contributed by atoms with Crippen LogP contribution >= 0.6 is 0 Å². The molecule has 0 amide bonds. The Kier molecular flexibility index (Phi) is 24.6. The molecule has 0 spiro atoms. The summed E-state index contributed by atoms with van der Waals surface area (Å²) in [5, 5.41) is 22.5. The highest BCUT2D eigenvalue weighted by molar-refractivity contribution is 5.66. The van der Waals surface area contributed by atoms with Crippen LogP contribution in [0.1, 0.15) is 122 Å². The molecule has 0 saturated heterocycles. The van der Waals surface area contributed by atoms with E-state index in [1.807, 2.05) is 0 Å². The van der Waals surface area contributed by atoms with E-state index in [-0.39, 0.29) is 0 Å². The van der Waals surface area contributed by atoms with Crippen molar-refractivity contribution in [1.29, 1.82) is 0 Å². The molecule has 0 aliphatic carbocycles. The Balaban J connectivity index is 0. The van der Waals surface area contributed by atoms with E-state index in [2.05, 4.69) is 6.92 Å². The van der Waals surface area contributed by atoms with Gasteiger partial charge in [-0.1, -0.05) is 110 Å². The number of carbonyl (C=O) groups is 2. The van der Waals surface area contributed by atoms with E-state index in [0.717, 1.165) is 12.8 Å². The standard InChI is InChI=1S/C20H40O2.CH2O3/c1-2-3-4-5-6-7-8-9-10-11-12-13-14-15-16-17-18-19-20(21)22;2-1(3)4/h2-19H2,1H3,(H,21,22);(H2,2,3,4). The lowest BCUT2D eigenvalue weighted by Crippen LogP contribution is -1.93. The molecule has 5 nitrogen and oxygen atoms in total. The molecule has 0 radical (unpaired) electrons. The summed E-state index contributed by atoms with van der Waals surface area (Å²) in [6.07, 6.45) is 21.3. The first-order chi connectivity index (χ1) is 12.5. The lowest BCUT2D eigenvalue weighted by atomic mass is 10.0. The highest BCUT2D eigenvalue weighted by Gasteiger charge is 1.97. The third-order valence-corrected chi connectivity index (χ3v) is 4.49. The van der Waals surface area contributed by atoms with Crippen molar-refractivity contribution in [2.45, 2.75) is 122 Å². The summed E-state index contributed by atoms with van der Waals surface area (Å²) in [5.74, 6) is -0.652. The predicted molar refractivity (Wildman–Crippen MR) is 107 cm³/mol. The van der Waals surface area contributed by atoms with Crippen LogP contribution in [0.2, 0.25) is 0 Å². The highest BCUT2D eigenvalue weighted by Crippen LogP contribution is 2.14. The van der Waals surface area contributed by atoms with Gasteiger partial charge in [0, 0.05) is 6.42 Å². The van der Waals surface area contributed by atoms with Crippen molar-refractivity contribution in [2.75, 3.05) is 0 Å². The van der Waals surface area contributed by atoms with Crippen LogP contribution in [-0.4, -0.2) is 27.4 Å². The second kappa shape index (κ2) is 23.7. The first-order valence-electron chi connectivity index (χ1n) is 10.6. The first-order valence-corrected chi connectivity index (χ1v) is 10.6. The van der Waals surface area contributed by atoms with Crippen LogP contribution in [0.4, 0.5) is 4.79 Å². The van der Waals surface area contributed by atoms with E-state index in [1.54, 1.807) is 0 Å². The minimum absolute atomic E-state index is 0.346. The van der Waals surface area contributed by atoms with Gasteiger partial charge >= 0.3 is 12.1 Å². The molecule has 26 heavy (non-hydrogen) atoms. The number of rotatable bonds is 18. The Morgan fingerprint density at radius 3 is 0.962 bits per heavy atom. The van der Waals surface area contributed by atoms with Crippen molar-refractivity contribution in [1.82, 2.24) is 0 Å². The second-order valence-corrected chi connectivity index (χ2v) is 7.08. The van der Waals surface area contributed by atoms with Crippen molar-refractivity contribution in [3.63, 3.8) is 0 Å². The molecule has 3 N–H and O–H groups in total. The smallest absolute Gasteiger partial charge is 0.481 e. The molecular formula is C21H42O5. The summed E-state index contributed by atoms with van der Waals surface area (Å²) in [7, 11) is 0. The minimum atomic E-state index is -1.83. The van der Waals surface area contributed by atoms with E-state index >= 15 is 0 Å². The third-order valence-electron chi connectivity index (χ3n) is 4.49. The molecule has 156 valence electrons. The summed E-state index contributed by atoms with van der Waals surface area (Å²) in [5.41, 5.74) is 0. The Morgan fingerprint density at radius 2 is 0.731 bits per heavy atom. The third kappa shape index (κ3) is 34.2. The Morgan fingerprint density at radius 1 is 0.500 bits per heavy atom. The predicted octanol–water partition coefficient (Wildman–Crippen LogP) is 7.34. The zero-order valence-corrected chi connectivity index (χ0v) is 16.9. The van der Waals surface area contributed by atoms with Gasteiger partial charge in [-0.15, -0.1) is 0 Å². The molecule has 0 heterocycles. The number of hydrogen-bond donors (Lipinski definition) is 3. The quantitative estimate of drug-likeness (QED) is 0.218. The van der Waals surface area contributed by atoms with Crippen molar-refractivity contribution in [2.24, 2.45) is 0 Å². The summed E-state index contributed by atoms with van der Waals surface area (Å²) in [6.45, 7) is 2.28. The molecular weight excluding hydrogens is 332 g/mol. The van der Waals surface area contributed by atoms with Crippen LogP contribution in [0.25, 0.3) is 0 Å². The van der Waals surface area contributed by atoms with Crippen LogP contribution < -0.4 is 0 Å². The van der Waals surface area contributed by atoms with E-state index < -0.39 is 12.1 Å². The normalized spacial score (nSPS) is 10.2. The van der Waals surface area contributed by atoms with Gasteiger partial charge in [0.05, 0.1) is 0 Å². The Labute approximate surface area is 160 Å². The molecule has 0 bridgehead atoms. The van der Waals surface area contributed by atoms with Gasteiger partial charge in [-0.05, 0) is 6.42 Å². The number of unbranched alkanes of at least 4 members (excludes halogenated alkanes) is 16. The average molecular weight is 375 g/mol. The summed E-state index contributed by atoms with van der Waals surface area (Å²) in [4.78, 5) is 18.9. The van der Waals surface area contributed by atoms with Crippen LogP contribution in [-0.2, 0) is 4.79 Å². The lowest BCUT2D eigenvalue weighted by Gasteiger charge is -2.03.